The monoisotopic (exact) mass is 204 g/mol. The predicted octanol–water partition coefficient (Wildman–Crippen LogP) is 3.94. The van der Waals surface area contributed by atoms with Crippen LogP contribution >= 0.6 is 22.9 Å². The molecule has 0 fully saturated rings. The van der Waals surface area contributed by atoms with Gasteiger partial charge in [-0.1, -0.05) is 25.4 Å². The Hall–Kier alpha value is -0.340. The first-order chi connectivity index (χ1) is 5.61. The molecule has 0 saturated heterocycles. The highest BCUT2D eigenvalue weighted by atomic mass is 35.5. The Morgan fingerprint density at radius 3 is 2.17 bits per heavy atom. The Balaban J connectivity index is 0.000000561. The van der Waals surface area contributed by atoms with Gasteiger partial charge < -0.3 is 0 Å². The summed E-state index contributed by atoms with van der Waals surface area (Å²) < 4.78 is 0.713. The normalized spacial score (nSPS) is 8.75. The van der Waals surface area contributed by atoms with Gasteiger partial charge in [-0.25, -0.2) is 0 Å². The molecular weight excluding hydrogens is 192 g/mol. The van der Waals surface area contributed by atoms with Gasteiger partial charge in [0, 0.05) is 0 Å². The van der Waals surface area contributed by atoms with Crippen LogP contribution in [-0.4, -0.2) is 5.78 Å². The maximum atomic E-state index is 10.8. The van der Waals surface area contributed by atoms with Crippen LogP contribution in [-0.2, 0) is 0 Å². The number of halogens is 1. The summed E-state index contributed by atoms with van der Waals surface area (Å²) in [7, 11) is 0. The molecule has 0 unspecified atom stereocenters. The number of thiophene rings is 1. The molecule has 68 valence electrons. The summed E-state index contributed by atoms with van der Waals surface area (Å²) in [6.07, 6.45) is 0. The zero-order chi connectivity index (χ0) is 9.72. The molecule has 0 atom stereocenters. The number of hydrogen-bond donors (Lipinski definition) is 0. The summed E-state index contributed by atoms with van der Waals surface area (Å²) in [6, 6.07) is 1.81. The van der Waals surface area contributed by atoms with Crippen LogP contribution in [0.15, 0.2) is 6.07 Å². The van der Waals surface area contributed by atoms with E-state index in [1.165, 1.54) is 11.3 Å². The number of rotatable bonds is 1. The molecule has 12 heavy (non-hydrogen) atoms. The second-order valence-electron chi connectivity index (χ2n) is 2.12. The minimum atomic E-state index is 0.0833. The quantitative estimate of drug-likeness (QED) is 0.634. The Morgan fingerprint density at radius 1 is 1.50 bits per heavy atom. The predicted molar refractivity (Wildman–Crippen MR) is 55.4 cm³/mol. The summed E-state index contributed by atoms with van der Waals surface area (Å²) in [5, 5.41) is 0. The first-order valence-corrected chi connectivity index (χ1v) is 5.07. The topological polar surface area (TPSA) is 17.1 Å². The van der Waals surface area contributed by atoms with Crippen molar-refractivity contribution in [1.82, 2.24) is 0 Å². The third kappa shape index (κ3) is 2.95. The summed E-state index contributed by atoms with van der Waals surface area (Å²) >= 11 is 7.08. The fourth-order valence-electron chi connectivity index (χ4n) is 0.633. The van der Waals surface area contributed by atoms with Crippen molar-refractivity contribution in [2.75, 3.05) is 0 Å². The summed E-state index contributed by atoms with van der Waals surface area (Å²) in [6.45, 7) is 7.44. The SMILES string of the molecule is CC.CC(=O)c1cc(C)c(Cl)s1. The van der Waals surface area contributed by atoms with Crippen molar-refractivity contribution in [2.24, 2.45) is 0 Å². The molecule has 0 aliphatic heterocycles. The molecule has 0 N–H and O–H groups in total. The molecular formula is C9H13ClOS. The maximum Gasteiger partial charge on any atom is 0.169 e. The van der Waals surface area contributed by atoms with Gasteiger partial charge in [0.25, 0.3) is 0 Å². The zero-order valence-electron chi connectivity index (χ0n) is 7.77. The van der Waals surface area contributed by atoms with Crippen molar-refractivity contribution in [3.8, 4) is 0 Å². The van der Waals surface area contributed by atoms with Crippen LogP contribution in [0.4, 0.5) is 0 Å². The number of Topliss-reactive ketones (excluding diaryl/α,β-unsaturated/α-hetero) is 1. The van der Waals surface area contributed by atoms with Crippen LogP contribution < -0.4 is 0 Å². The molecule has 0 spiro atoms. The molecule has 1 heterocycles. The molecule has 0 aliphatic rings. The van der Waals surface area contributed by atoms with E-state index in [1.54, 1.807) is 6.92 Å². The summed E-state index contributed by atoms with van der Waals surface area (Å²) in [4.78, 5) is 11.5. The van der Waals surface area contributed by atoms with Crippen LogP contribution in [0.25, 0.3) is 0 Å². The van der Waals surface area contributed by atoms with Crippen molar-refractivity contribution in [3.63, 3.8) is 0 Å². The highest BCUT2D eigenvalue weighted by molar-refractivity contribution is 7.18. The number of hydrogen-bond acceptors (Lipinski definition) is 2. The van der Waals surface area contributed by atoms with Gasteiger partial charge in [-0.3, -0.25) is 4.79 Å². The molecule has 1 aromatic heterocycles. The van der Waals surface area contributed by atoms with Gasteiger partial charge in [0.2, 0.25) is 0 Å². The summed E-state index contributed by atoms with van der Waals surface area (Å²) in [5.74, 6) is 0.0833. The Bertz CT molecular complexity index is 246. The molecule has 0 radical (unpaired) electrons. The van der Waals surface area contributed by atoms with Gasteiger partial charge in [0.1, 0.15) is 0 Å². The molecule has 0 bridgehead atoms. The van der Waals surface area contributed by atoms with Gasteiger partial charge in [-0.2, -0.15) is 0 Å². The third-order valence-corrected chi connectivity index (χ3v) is 2.86. The van der Waals surface area contributed by atoms with E-state index < -0.39 is 0 Å². The maximum absolute atomic E-state index is 10.8. The zero-order valence-corrected chi connectivity index (χ0v) is 9.34. The van der Waals surface area contributed by atoms with Crippen LogP contribution in [0, 0.1) is 6.92 Å². The second kappa shape index (κ2) is 5.33. The Morgan fingerprint density at radius 2 is 2.00 bits per heavy atom. The van der Waals surface area contributed by atoms with Gasteiger partial charge in [-0.15, -0.1) is 11.3 Å². The number of carbonyl (C=O) groups excluding carboxylic acids is 1. The van der Waals surface area contributed by atoms with E-state index in [4.69, 9.17) is 11.6 Å². The van der Waals surface area contributed by atoms with Crippen molar-refractivity contribution in [2.45, 2.75) is 27.7 Å². The average molecular weight is 205 g/mol. The van der Waals surface area contributed by atoms with Crippen LogP contribution in [0.3, 0.4) is 0 Å². The fourth-order valence-corrected chi connectivity index (χ4v) is 1.73. The Kier molecular flexibility index (Phi) is 5.18. The Labute approximate surface area is 82.4 Å². The minimum absolute atomic E-state index is 0.0833. The third-order valence-electron chi connectivity index (χ3n) is 1.20. The molecule has 3 heteroatoms. The van der Waals surface area contributed by atoms with Gasteiger partial charge >= 0.3 is 0 Å². The molecule has 1 aromatic rings. The second-order valence-corrected chi connectivity index (χ2v) is 3.78. The van der Waals surface area contributed by atoms with Gasteiger partial charge in [0.15, 0.2) is 5.78 Å². The molecule has 1 rings (SSSR count). The lowest BCUT2D eigenvalue weighted by atomic mass is 10.3. The lowest BCUT2D eigenvalue weighted by molar-refractivity contribution is 0.102. The van der Waals surface area contributed by atoms with E-state index in [0.717, 1.165) is 10.4 Å². The van der Waals surface area contributed by atoms with Gasteiger partial charge in [0.05, 0.1) is 9.21 Å². The van der Waals surface area contributed by atoms with E-state index >= 15 is 0 Å². The van der Waals surface area contributed by atoms with E-state index in [-0.39, 0.29) is 5.78 Å². The number of carbonyl (C=O) groups is 1. The lowest BCUT2D eigenvalue weighted by Gasteiger charge is -1.80. The van der Waals surface area contributed by atoms with E-state index in [0.29, 0.717) is 4.34 Å². The lowest BCUT2D eigenvalue weighted by Crippen LogP contribution is -1.83. The van der Waals surface area contributed by atoms with Crippen molar-refractivity contribution in [3.05, 3.63) is 20.8 Å². The first-order valence-electron chi connectivity index (χ1n) is 3.88. The van der Waals surface area contributed by atoms with Crippen molar-refractivity contribution in [1.29, 1.82) is 0 Å². The molecule has 0 aromatic carbocycles. The van der Waals surface area contributed by atoms with E-state index in [2.05, 4.69) is 0 Å². The molecule has 1 nitrogen and oxygen atoms in total. The summed E-state index contributed by atoms with van der Waals surface area (Å²) in [5.41, 5.74) is 0.983. The average Bonchev–Trinajstić information content (AvgIpc) is 2.36. The van der Waals surface area contributed by atoms with Crippen LogP contribution in [0.5, 0.6) is 0 Å². The number of aryl methyl sites for hydroxylation is 1. The standard InChI is InChI=1S/C7H7ClOS.C2H6/c1-4-3-6(5(2)9)10-7(4)8;1-2/h3H,1-2H3;1-2H3. The first kappa shape index (κ1) is 11.7. The molecule has 0 saturated carbocycles. The fraction of sp³-hybridized carbons (Fsp3) is 0.444. The smallest absolute Gasteiger partial charge is 0.169 e. The molecule has 0 amide bonds. The minimum Gasteiger partial charge on any atom is -0.294 e. The van der Waals surface area contributed by atoms with Gasteiger partial charge in [-0.05, 0) is 25.5 Å². The highest BCUT2D eigenvalue weighted by Gasteiger charge is 2.05. The van der Waals surface area contributed by atoms with Crippen molar-refractivity contribution >= 4 is 28.7 Å². The number of ketones is 1. The van der Waals surface area contributed by atoms with E-state index in [1.807, 2.05) is 26.8 Å². The van der Waals surface area contributed by atoms with Crippen molar-refractivity contribution < 1.29 is 4.79 Å². The highest BCUT2D eigenvalue weighted by Crippen LogP contribution is 2.26. The largest absolute Gasteiger partial charge is 0.294 e. The molecule has 0 aliphatic carbocycles. The van der Waals surface area contributed by atoms with Crippen LogP contribution in [0.2, 0.25) is 4.34 Å². The van der Waals surface area contributed by atoms with Crippen LogP contribution in [0.1, 0.15) is 36.0 Å². The van der Waals surface area contributed by atoms with E-state index in [9.17, 15) is 4.79 Å².